The predicted octanol–water partition coefficient (Wildman–Crippen LogP) is 5.44. The molecule has 1 rings (SSSR count). The fourth-order valence-electron chi connectivity index (χ4n) is 3.75. The Labute approximate surface area is 155 Å². The molecule has 1 aliphatic heterocycles. The van der Waals surface area contributed by atoms with Crippen molar-refractivity contribution in [3.05, 3.63) is 11.3 Å². The fraction of sp³-hybridized carbons (Fsp3) is 0.850. The van der Waals surface area contributed by atoms with Gasteiger partial charge in [0.15, 0.2) is 8.32 Å². The summed E-state index contributed by atoms with van der Waals surface area (Å²) in [7, 11) is 0.237. The van der Waals surface area contributed by atoms with Crippen molar-refractivity contribution in [2.75, 3.05) is 13.7 Å². The third kappa shape index (κ3) is 6.54. The Balaban J connectivity index is 2.17. The summed E-state index contributed by atoms with van der Waals surface area (Å²) >= 11 is 0. The number of carbonyl (C=O) groups is 1. The van der Waals surface area contributed by atoms with Gasteiger partial charge in [-0.15, -0.1) is 0 Å². The lowest BCUT2D eigenvalue weighted by molar-refractivity contribution is -0.110. The first-order chi connectivity index (χ1) is 12.1. The minimum Gasteiger partial charge on any atom is -0.469 e. The predicted molar refractivity (Wildman–Crippen MR) is 105 cm³/mol. The summed E-state index contributed by atoms with van der Waals surface area (Å²) in [5.41, 5.74) is 0.778. The van der Waals surface area contributed by atoms with Gasteiger partial charge in [-0.25, -0.2) is 0 Å². The van der Waals surface area contributed by atoms with E-state index >= 15 is 0 Å². The van der Waals surface area contributed by atoms with E-state index in [1.165, 1.54) is 43.8 Å². The lowest BCUT2D eigenvalue weighted by Crippen LogP contribution is -2.36. The molecule has 0 aliphatic carbocycles. The molecule has 5 heteroatoms. The lowest BCUT2D eigenvalue weighted by Gasteiger charge is -2.27. The van der Waals surface area contributed by atoms with Crippen LogP contribution >= 0.6 is 0 Å². The molecular weight excluding hydrogens is 332 g/mol. The van der Waals surface area contributed by atoms with Gasteiger partial charge in [-0.05, 0) is 37.9 Å². The smallest absolute Gasteiger partial charge is 0.206 e. The maximum absolute atomic E-state index is 11.2. The minimum absolute atomic E-state index is 0.0936. The average Bonchev–Trinajstić information content (AvgIpc) is 2.95. The highest BCUT2D eigenvalue weighted by Crippen LogP contribution is 2.34. The van der Waals surface area contributed by atoms with Crippen molar-refractivity contribution >= 4 is 14.6 Å². The Morgan fingerprint density at radius 2 is 1.64 bits per heavy atom. The molecule has 146 valence electrons. The van der Waals surface area contributed by atoms with Crippen molar-refractivity contribution in [2.45, 2.75) is 90.6 Å². The van der Waals surface area contributed by atoms with Gasteiger partial charge in [-0.2, -0.15) is 0 Å². The summed E-state index contributed by atoms with van der Waals surface area (Å²) in [6.45, 7) is 9.62. The Hall–Kier alpha value is -0.653. The van der Waals surface area contributed by atoms with Crippen LogP contribution in [0.5, 0.6) is 0 Å². The van der Waals surface area contributed by atoms with E-state index in [1.807, 2.05) is 6.92 Å². The molecule has 0 bridgehead atoms. The van der Waals surface area contributed by atoms with Gasteiger partial charge >= 0.3 is 0 Å². The van der Waals surface area contributed by atoms with E-state index in [9.17, 15) is 4.79 Å². The van der Waals surface area contributed by atoms with Crippen LogP contribution in [0.2, 0.25) is 18.1 Å². The molecule has 25 heavy (non-hydrogen) atoms. The van der Waals surface area contributed by atoms with Gasteiger partial charge in [0.2, 0.25) is 6.29 Å². The minimum atomic E-state index is -1.41. The number of unbranched alkanes of at least 4 members (excludes halogenated alkanes) is 4. The zero-order chi connectivity index (χ0) is 18.7. The van der Waals surface area contributed by atoms with Crippen LogP contribution in [0, 0.1) is 5.92 Å². The Morgan fingerprint density at radius 1 is 1.04 bits per heavy atom. The van der Waals surface area contributed by atoms with Crippen LogP contribution in [-0.2, 0) is 18.7 Å². The van der Waals surface area contributed by atoms with Crippen LogP contribution in [0.3, 0.4) is 0 Å². The van der Waals surface area contributed by atoms with E-state index < -0.39 is 8.32 Å². The highest BCUT2D eigenvalue weighted by atomic mass is 28.4. The molecular formula is C20H38O4Si. The number of carbonyl (C=O) groups excluding carboxylic acids is 1. The molecule has 0 saturated heterocycles. The van der Waals surface area contributed by atoms with Crippen molar-refractivity contribution in [2.24, 2.45) is 5.92 Å². The fourth-order valence-corrected chi connectivity index (χ4v) is 6.44. The van der Waals surface area contributed by atoms with Crippen LogP contribution in [0.1, 0.15) is 66.2 Å². The van der Waals surface area contributed by atoms with Crippen LogP contribution < -0.4 is 0 Å². The van der Waals surface area contributed by atoms with Gasteiger partial charge < -0.3 is 13.9 Å². The number of aldehydes is 1. The quantitative estimate of drug-likeness (QED) is 0.232. The van der Waals surface area contributed by atoms with Gasteiger partial charge in [-0.3, -0.25) is 4.79 Å². The maximum Gasteiger partial charge on any atom is 0.206 e. The van der Waals surface area contributed by atoms with Gasteiger partial charge in [0.05, 0.1) is 5.92 Å². The summed E-state index contributed by atoms with van der Waals surface area (Å²) in [5.74, 6) is 0.815. The molecule has 0 fully saturated rings. The highest BCUT2D eigenvalue weighted by Gasteiger charge is 2.34. The van der Waals surface area contributed by atoms with E-state index in [0.717, 1.165) is 37.1 Å². The first-order valence-electron chi connectivity index (χ1n) is 10.1. The SMILES string of the molecule is CC[Si](CC)(CC)OCCCCCCC[C@@H]1C(C=O)=C(C)O[C@H]1OC. The number of hydrogen-bond donors (Lipinski definition) is 0. The second-order valence-electron chi connectivity index (χ2n) is 7.11. The maximum atomic E-state index is 11.2. The van der Waals surface area contributed by atoms with Crippen molar-refractivity contribution in [1.82, 2.24) is 0 Å². The van der Waals surface area contributed by atoms with Crippen LogP contribution in [0.4, 0.5) is 0 Å². The molecule has 0 aromatic carbocycles. The van der Waals surface area contributed by atoms with Gasteiger partial charge in [-0.1, -0.05) is 46.5 Å². The first kappa shape index (κ1) is 22.4. The third-order valence-corrected chi connectivity index (χ3v) is 10.5. The van der Waals surface area contributed by atoms with Crippen molar-refractivity contribution in [3.63, 3.8) is 0 Å². The summed E-state index contributed by atoms with van der Waals surface area (Å²) in [6, 6.07) is 3.70. The lowest BCUT2D eigenvalue weighted by atomic mass is 9.93. The Bertz CT molecular complexity index is 410. The van der Waals surface area contributed by atoms with Crippen LogP contribution in [0.15, 0.2) is 11.3 Å². The van der Waals surface area contributed by atoms with E-state index in [4.69, 9.17) is 13.9 Å². The van der Waals surface area contributed by atoms with E-state index in [2.05, 4.69) is 20.8 Å². The van der Waals surface area contributed by atoms with E-state index in [1.54, 1.807) is 7.11 Å². The number of methoxy groups -OCH3 is 1. The summed E-state index contributed by atoms with van der Waals surface area (Å²) in [5, 5.41) is 0. The number of hydrogen-bond acceptors (Lipinski definition) is 4. The average molecular weight is 371 g/mol. The largest absolute Gasteiger partial charge is 0.469 e. The van der Waals surface area contributed by atoms with Crippen molar-refractivity contribution in [3.8, 4) is 0 Å². The monoisotopic (exact) mass is 370 g/mol. The topological polar surface area (TPSA) is 44.8 Å². The number of ether oxygens (including phenoxy) is 2. The van der Waals surface area contributed by atoms with Gasteiger partial charge in [0, 0.05) is 19.3 Å². The molecule has 0 amide bonds. The van der Waals surface area contributed by atoms with Gasteiger partial charge in [0.25, 0.3) is 0 Å². The highest BCUT2D eigenvalue weighted by molar-refractivity contribution is 6.73. The van der Waals surface area contributed by atoms with Crippen molar-refractivity contribution < 1.29 is 18.7 Å². The zero-order valence-corrected chi connectivity index (χ0v) is 17.9. The Kier molecular flexibility index (Phi) is 10.6. The normalized spacial score (nSPS) is 20.8. The molecule has 0 spiro atoms. The van der Waals surface area contributed by atoms with Crippen LogP contribution in [-0.4, -0.2) is 34.6 Å². The molecule has 0 aromatic rings. The van der Waals surface area contributed by atoms with Crippen LogP contribution in [0.25, 0.3) is 0 Å². The number of allylic oxidation sites excluding steroid dienone is 1. The molecule has 0 N–H and O–H groups in total. The Morgan fingerprint density at radius 3 is 2.20 bits per heavy atom. The molecule has 1 aliphatic rings. The van der Waals surface area contributed by atoms with E-state index in [0.29, 0.717) is 0 Å². The molecule has 1 heterocycles. The molecule has 2 atom stereocenters. The summed E-state index contributed by atoms with van der Waals surface area (Å²) in [4.78, 5) is 11.2. The molecule has 0 saturated carbocycles. The van der Waals surface area contributed by atoms with Crippen molar-refractivity contribution in [1.29, 1.82) is 0 Å². The second kappa shape index (κ2) is 11.9. The molecule has 0 aromatic heterocycles. The third-order valence-electron chi connectivity index (χ3n) is 5.79. The zero-order valence-electron chi connectivity index (χ0n) is 16.9. The molecule has 0 radical (unpaired) electrons. The van der Waals surface area contributed by atoms with E-state index in [-0.39, 0.29) is 12.2 Å². The standard InChI is InChI=1S/C20H38O4Si/c1-6-25(7-2,8-3)23-15-13-11-9-10-12-14-18-19(16-21)17(4)24-20(18)22-5/h16,18,20H,6-15H2,1-5H3/t18-,20-/m1/s1. The molecule has 0 unspecified atom stereocenters. The second-order valence-corrected chi connectivity index (χ2v) is 11.9. The molecule has 4 nitrogen and oxygen atoms in total. The summed E-state index contributed by atoms with van der Waals surface area (Å²) in [6.07, 6.45) is 7.52. The first-order valence-corrected chi connectivity index (χ1v) is 12.6. The van der Waals surface area contributed by atoms with Gasteiger partial charge in [0.1, 0.15) is 12.0 Å². The summed E-state index contributed by atoms with van der Waals surface area (Å²) < 4.78 is 17.3. The number of rotatable bonds is 14.